The number of rotatable bonds is 3. The van der Waals surface area contributed by atoms with Gasteiger partial charge in [0.25, 0.3) is 0 Å². The summed E-state index contributed by atoms with van der Waals surface area (Å²) in [6, 6.07) is 0.437. The van der Waals surface area contributed by atoms with E-state index in [1.54, 1.807) is 0 Å². The Hall–Kier alpha value is -1.36. The number of aryl methyl sites for hydroxylation is 1. The van der Waals surface area contributed by atoms with Crippen LogP contribution in [-0.2, 0) is 11.8 Å². The van der Waals surface area contributed by atoms with Gasteiger partial charge in [-0.15, -0.1) is 0 Å². The molecule has 3 rings (SSSR count). The van der Waals surface area contributed by atoms with Gasteiger partial charge in [-0.25, -0.2) is 0 Å². The number of nitrogens with zero attached hydrogens (tertiary/aromatic N) is 3. The molecule has 1 aromatic rings. The van der Waals surface area contributed by atoms with Crippen molar-refractivity contribution in [1.82, 2.24) is 14.7 Å². The first-order valence-corrected chi connectivity index (χ1v) is 7.69. The van der Waals surface area contributed by atoms with E-state index < -0.39 is 0 Å². The Morgan fingerprint density at radius 2 is 2.25 bits per heavy atom. The van der Waals surface area contributed by atoms with Crippen LogP contribution in [0.25, 0.3) is 0 Å². The molecule has 0 radical (unpaired) electrons. The van der Waals surface area contributed by atoms with E-state index in [0.717, 1.165) is 37.8 Å². The zero-order chi connectivity index (χ0) is 14.1. The number of hydrogen-bond donors (Lipinski definition) is 1. The molecule has 1 saturated heterocycles. The average molecular weight is 276 g/mol. The van der Waals surface area contributed by atoms with Gasteiger partial charge in [-0.2, -0.15) is 5.10 Å². The molecule has 1 aliphatic carbocycles. The molecule has 1 aliphatic heterocycles. The second kappa shape index (κ2) is 5.56. The van der Waals surface area contributed by atoms with Crippen molar-refractivity contribution in [3.05, 3.63) is 18.0 Å². The lowest BCUT2D eigenvalue weighted by Gasteiger charge is -2.26. The van der Waals surface area contributed by atoms with Crippen molar-refractivity contribution < 1.29 is 4.79 Å². The Morgan fingerprint density at radius 1 is 1.40 bits per heavy atom. The summed E-state index contributed by atoms with van der Waals surface area (Å²) in [5.41, 5.74) is 7.25. The first kappa shape index (κ1) is 13.6. The molecule has 1 amide bonds. The van der Waals surface area contributed by atoms with Gasteiger partial charge < -0.3 is 10.6 Å². The van der Waals surface area contributed by atoms with E-state index in [1.807, 2.05) is 29.0 Å². The third-order valence-electron chi connectivity index (χ3n) is 4.84. The number of likely N-dealkylation sites (tertiary alicyclic amines) is 1. The molecule has 3 atom stereocenters. The molecule has 0 aromatic carbocycles. The molecule has 1 aromatic heterocycles. The maximum atomic E-state index is 12.6. The monoisotopic (exact) mass is 276 g/mol. The molecule has 5 heteroatoms. The predicted molar refractivity (Wildman–Crippen MR) is 76.8 cm³/mol. The second-order valence-electron chi connectivity index (χ2n) is 6.25. The number of hydrogen-bond acceptors (Lipinski definition) is 3. The van der Waals surface area contributed by atoms with Crippen molar-refractivity contribution in [2.75, 3.05) is 6.54 Å². The fourth-order valence-corrected chi connectivity index (χ4v) is 3.68. The van der Waals surface area contributed by atoms with Crippen LogP contribution in [0.5, 0.6) is 0 Å². The molecule has 20 heavy (non-hydrogen) atoms. The number of carbonyl (C=O) groups is 1. The van der Waals surface area contributed by atoms with Gasteiger partial charge >= 0.3 is 0 Å². The Balaban J connectivity index is 1.67. The summed E-state index contributed by atoms with van der Waals surface area (Å²) >= 11 is 0. The van der Waals surface area contributed by atoms with Gasteiger partial charge in [0.1, 0.15) is 0 Å². The molecular formula is C15H24N4O. The van der Waals surface area contributed by atoms with Crippen LogP contribution in [0.4, 0.5) is 0 Å². The summed E-state index contributed by atoms with van der Waals surface area (Å²) in [4.78, 5) is 14.6. The van der Waals surface area contributed by atoms with Crippen LogP contribution in [0.1, 0.15) is 50.1 Å². The standard InChI is InChI=1S/C15H24N4O/c1-18-10-12(9-17-18)14-6-3-7-19(14)15(20)8-11-4-2-5-13(11)16/h9-11,13-14H,2-8,16H2,1H3/t11-,13+,14?/m0/s1. The van der Waals surface area contributed by atoms with Gasteiger partial charge in [0.05, 0.1) is 12.2 Å². The van der Waals surface area contributed by atoms with Crippen LogP contribution < -0.4 is 5.73 Å². The van der Waals surface area contributed by atoms with Crippen LogP contribution in [0.15, 0.2) is 12.4 Å². The highest BCUT2D eigenvalue weighted by Gasteiger charge is 2.34. The van der Waals surface area contributed by atoms with Gasteiger partial charge in [0.2, 0.25) is 5.91 Å². The third-order valence-corrected chi connectivity index (χ3v) is 4.84. The Morgan fingerprint density at radius 3 is 2.90 bits per heavy atom. The molecule has 5 nitrogen and oxygen atoms in total. The molecule has 2 fully saturated rings. The number of nitrogens with two attached hydrogens (primary N) is 1. The second-order valence-corrected chi connectivity index (χ2v) is 6.25. The Labute approximate surface area is 120 Å². The van der Waals surface area contributed by atoms with Crippen LogP contribution in [-0.4, -0.2) is 33.2 Å². The van der Waals surface area contributed by atoms with Crippen LogP contribution in [0.3, 0.4) is 0 Å². The highest BCUT2D eigenvalue weighted by Crippen LogP contribution is 2.34. The number of aromatic nitrogens is 2. The van der Waals surface area contributed by atoms with E-state index in [4.69, 9.17) is 5.73 Å². The summed E-state index contributed by atoms with van der Waals surface area (Å²) in [6.45, 7) is 0.875. The van der Waals surface area contributed by atoms with E-state index in [0.29, 0.717) is 12.3 Å². The fraction of sp³-hybridized carbons (Fsp3) is 0.733. The quantitative estimate of drug-likeness (QED) is 0.912. The van der Waals surface area contributed by atoms with Gasteiger partial charge in [0, 0.05) is 37.8 Å². The smallest absolute Gasteiger partial charge is 0.223 e. The molecule has 0 bridgehead atoms. The zero-order valence-corrected chi connectivity index (χ0v) is 12.2. The lowest BCUT2D eigenvalue weighted by atomic mass is 9.99. The van der Waals surface area contributed by atoms with Crippen molar-refractivity contribution >= 4 is 5.91 Å². The van der Waals surface area contributed by atoms with Crippen LogP contribution >= 0.6 is 0 Å². The average Bonchev–Trinajstić information content (AvgIpc) is 3.11. The summed E-state index contributed by atoms with van der Waals surface area (Å²) in [7, 11) is 1.92. The molecule has 0 spiro atoms. The lowest BCUT2D eigenvalue weighted by molar-refractivity contribution is -0.133. The first-order chi connectivity index (χ1) is 9.65. The van der Waals surface area contributed by atoms with E-state index in [-0.39, 0.29) is 18.0 Å². The van der Waals surface area contributed by atoms with Gasteiger partial charge in [-0.05, 0) is 31.6 Å². The summed E-state index contributed by atoms with van der Waals surface area (Å²) in [5.74, 6) is 0.663. The van der Waals surface area contributed by atoms with Gasteiger partial charge in [0.15, 0.2) is 0 Å². The minimum absolute atomic E-state index is 0.217. The summed E-state index contributed by atoms with van der Waals surface area (Å²) < 4.78 is 1.81. The van der Waals surface area contributed by atoms with Gasteiger partial charge in [-0.1, -0.05) is 6.42 Å². The van der Waals surface area contributed by atoms with E-state index in [1.165, 1.54) is 6.42 Å². The molecule has 1 unspecified atom stereocenters. The van der Waals surface area contributed by atoms with Gasteiger partial charge in [-0.3, -0.25) is 9.48 Å². The lowest BCUT2D eigenvalue weighted by Crippen LogP contribution is -2.35. The number of amides is 1. The van der Waals surface area contributed by atoms with E-state index >= 15 is 0 Å². The van der Waals surface area contributed by atoms with Crippen LogP contribution in [0.2, 0.25) is 0 Å². The normalized spacial score (nSPS) is 30.1. The van der Waals surface area contributed by atoms with E-state index in [2.05, 4.69) is 5.10 Å². The topological polar surface area (TPSA) is 64.2 Å². The molecule has 2 N–H and O–H groups in total. The molecule has 1 saturated carbocycles. The zero-order valence-electron chi connectivity index (χ0n) is 12.2. The van der Waals surface area contributed by atoms with Crippen molar-refractivity contribution in [3.63, 3.8) is 0 Å². The Bertz CT molecular complexity index is 484. The number of carbonyl (C=O) groups excluding carboxylic acids is 1. The van der Waals surface area contributed by atoms with Crippen molar-refractivity contribution in [3.8, 4) is 0 Å². The van der Waals surface area contributed by atoms with Crippen LogP contribution in [0, 0.1) is 5.92 Å². The predicted octanol–water partition coefficient (Wildman–Crippen LogP) is 1.60. The summed E-state index contributed by atoms with van der Waals surface area (Å²) in [5, 5.41) is 4.23. The van der Waals surface area contributed by atoms with Crippen molar-refractivity contribution in [2.24, 2.45) is 18.7 Å². The maximum Gasteiger partial charge on any atom is 0.223 e. The van der Waals surface area contributed by atoms with Crippen molar-refractivity contribution in [1.29, 1.82) is 0 Å². The fourth-order valence-electron chi connectivity index (χ4n) is 3.68. The molecule has 110 valence electrons. The largest absolute Gasteiger partial charge is 0.336 e. The van der Waals surface area contributed by atoms with E-state index in [9.17, 15) is 4.79 Å². The highest BCUT2D eigenvalue weighted by molar-refractivity contribution is 5.77. The minimum atomic E-state index is 0.217. The Kier molecular flexibility index (Phi) is 3.78. The highest BCUT2D eigenvalue weighted by atomic mass is 16.2. The first-order valence-electron chi connectivity index (χ1n) is 7.69. The van der Waals surface area contributed by atoms with Crippen molar-refractivity contribution in [2.45, 2.75) is 50.6 Å². The molecule has 2 heterocycles. The SMILES string of the molecule is Cn1cc(C2CCCN2C(=O)C[C@@H]2CCC[C@H]2N)cn1. The minimum Gasteiger partial charge on any atom is -0.336 e. The third kappa shape index (κ3) is 2.59. The summed E-state index contributed by atoms with van der Waals surface area (Å²) in [6.07, 6.45) is 10.0. The maximum absolute atomic E-state index is 12.6. The molecule has 2 aliphatic rings. The molecular weight excluding hydrogens is 252 g/mol.